The van der Waals surface area contributed by atoms with Crippen molar-refractivity contribution in [1.29, 1.82) is 0 Å². The average molecular weight is 263 g/mol. The van der Waals surface area contributed by atoms with Crippen LogP contribution in [0.2, 0.25) is 0 Å². The minimum Gasteiger partial charge on any atom is -0.459 e. The van der Waals surface area contributed by atoms with Gasteiger partial charge in [0, 0.05) is 12.0 Å². The van der Waals surface area contributed by atoms with Crippen LogP contribution in [0.4, 0.5) is 0 Å². The van der Waals surface area contributed by atoms with E-state index < -0.39 is 0 Å². The lowest BCUT2D eigenvalue weighted by Gasteiger charge is -2.15. The van der Waals surface area contributed by atoms with Gasteiger partial charge >= 0.3 is 0 Å². The van der Waals surface area contributed by atoms with Crippen molar-refractivity contribution in [2.45, 2.75) is 26.0 Å². The van der Waals surface area contributed by atoms with Gasteiger partial charge in [0.25, 0.3) is 0 Å². The third-order valence-corrected chi connectivity index (χ3v) is 2.93. The van der Waals surface area contributed by atoms with Crippen molar-refractivity contribution >= 4 is 11.0 Å². The van der Waals surface area contributed by atoms with Crippen LogP contribution in [0.15, 0.2) is 34.7 Å². The van der Waals surface area contributed by atoms with Crippen LogP contribution in [0.5, 0.6) is 0 Å². The van der Waals surface area contributed by atoms with Crippen LogP contribution in [0.25, 0.3) is 11.0 Å². The molecule has 4 nitrogen and oxygen atoms in total. The van der Waals surface area contributed by atoms with Crippen molar-refractivity contribution in [1.82, 2.24) is 0 Å². The summed E-state index contributed by atoms with van der Waals surface area (Å²) in [7, 11) is 0. The molecule has 2 rings (SSSR count). The number of rotatable bonds is 7. The Balaban J connectivity index is 1.90. The van der Waals surface area contributed by atoms with Crippen LogP contribution in [-0.4, -0.2) is 25.9 Å². The van der Waals surface area contributed by atoms with Gasteiger partial charge in [-0.15, -0.1) is 0 Å². The highest BCUT2D eigenvalue weighted by molar-refractivity contribution is 5.77. The molecular formula is C15H21NO3. The van der Waals surface area contributed by atoms with Crippen molar-refractivity contribution in [2.24, 2.45) is 5.73 Å². The van der Waals surface area contributed by atoms with Crippen molar-refractivity contribution in [3.63, 3.8) is 0 Å². The molecule has 2 atom stereocenters. The summed E-state index contributed by atoms with van der Waals surface area (Å²) in [6.45, 7) is 5.65. The summed E-state index contributed by atoms with van der Waals surface area (Å²) in [6, 6.07) is 9.58. The lowest BCUT2D eigenvalue weighted by molar-refractivity contribution is -0.00977. The maximum Gasteiger partial charge on any atom is 0.134 e. The first kappa shape index (κ1) is 14.1. The minimum atomic E-state index is -0.253. The molecule has 0 radical (unpaired) electrons. The highest BCUT2D eigenvalue weighted by atomic mass is 16.5. The number of para-hydroxylation sites is 1. The molecule has 4 heteroatoms. The maximum absolute atomic E-state index is 6.08. The number of hydrogen-bond donors (Lipinski definition) is 1. The van der Waals surface area contributed by atoms with Gasteiger partial charge in [0.1, 0.15) is 11.3 Å². The number of fused-ring (bicyclic) bond motifs is 1. The van der Waals surface area contributed by atoms with E-state index in [-0.39, 0.29) is 12.1 Å². The molecule has 0 bridgehead atoms. The van der Waals surface area contributed by atoms with E-state index in [4.69, 9.17) is 19.6 Å². The molecule has 0 saturated carbocycles. The van der Waals surface area contributed by atoms with E-state index >= 15 is 0 Å². The average Bonchev–Trinajstić information content (AvgIpc) is 2.86. The Labute approximate surface area is 113 Å². The van der Waals surface area contributed by atoms with Crippen LogP contribution in [-0.2, 0) is 9.47 Å². The molecular weight excluding hydrogens is 242 g/mol. The zero-order valence-corrected chi connectivity index (χ0v) is 11.5. The summed E-state index contributed by atoms with van der Waals surface area (Å²) < 4.78 is 16.6. The van der Waals surface area contributed by atoms with Gasteiger partial charge < -0.3 is 19.6 Å². The van der Waals surface area contributed by atoms with Gasteiger partial charge in [-0.1, -0.05) is 18.2 Å². The quantitative estimate of drug-likeness (QED) is 0.834. The van der Waals surface area contributed by atoms with E-state index in [0.29, 0.717) is 19.8 Å². The van der Waals surface area contributed by atoms with Gasteiger partial charge in [0.05, 0.1) is 25.4 Å². The minimum absolute atomic E-state index is 0.0374. The summed E-state index contributed by atoms with van der Waals surface area (Å²) in [5.41, 5.74) is 6.93. The van der Waals surface area contributed by atoms with Crippen molar-refractivity contribution in [2.75, 3.05) is 19.8 Å². The molecule has 0 aliphatic carbocycles. The Morgan fingerprint density at radius 3 is 2.79 bits per heavy atom. The lowest BCUT2D eigenvalue weighted by Crippen LogP contribution is -2.23. The Hall–Kier alpha value is -1.36. The van der Waals surface area contributed by atoms with E-state index in [1.54, 1.807) is 0 Å². The summed E-state index contributed by atoms with van der Waals surface area (Å²) >= 11 is 0. The molecule has 0 fully saturated rings. The van der Waals surface area contributed by atoms with E-state index in [1.807, 2.05) is 44.2 Å². The Morgan fingerprint density at radius 1 is 1.26 bits per heavy atom. The number of furan rings is 1. The van der Waals surface area contributed by atoms with Gasteiger partial charge in [-0.25, -0.2) is 0 Å². The first-order valence-electron chi connectivity index (χ1n) is 6.64. The molecule has 1 aromatic heterocycles. The number of ether oxygens (including phenoxy) is 2. The van der Waals surface area contributed by atoms with Gasteiger partial charge in [0.15, 0.2) is 0 Å². The molecule has 1 heterocycles. The second kappa shape index (κ2) is 6.70. The van der Waals surface area contributed by atoms with Crippen molar-refractivity contribution in [3.8, 4) is 0 Å². The largest absolute Gasteiger partial charge is 0.459 e. The van der Waals surface area contributed by atoms with E-state index in [9.17, 15) is 0 Å². The van der Waals surface area contributed by atoms with Crippen LogP contribution < -0.4 is 5.73 Å². The molecule has 0 saturated heterocycles. The fourth-order valence-corrected chi connectivity index (χ4v) is 1.87. The number of benzene rings is 1. The van der Waals surface area contributed by atoms with E-state index in [2.05, 4.69) is 0 Å². The van der Waals surface area contributed by atoms with Crippen LogP contribution in [0.3, 0.4) is 0 Å². The highest BCUT2D eigenvalue weighted by Crippen LogP contribution is 2.22. The molecule has 0 amide bonds. The van der Waals surface area contributed by atoms with Crippen LogP contribution >= 0.6 is 0 Å². The maximum atomic E-state index is 6.08. The van der Waals surface area contributed by atoms with E-state index in [1.165, 1.54) is 0 Å². The second-order valence-electron chi connectivity index (χ2n) is 4.60. The normalized spacial score (nSPS) is 14.7. The zero-order chi connectivity index (χ0) is 13.7. The zero-order valence-electron chi connectivity index (χ0n) is 11.5. The van der Waals surface area contributed by atoms with Crippen molar-refractivity contribution < 1.29 is 13.9 Å². The Kier molecular flexibility index (Phi) is 4.96. The second-order valence-corrected chi connectivity index (χ2v) is 4.60. The molecule has 2 N–H and O–H groups in total. The molecule has 2 aromatic rings. The Bertz CT molecular complexity index is 476. The molecule has 2 unspecified atom stereocenters. The third kappa shape index (κ3) is 3.80. The number of nitrogens with two attached hydrogens (primary N) is 1. The predicted molar refractivity (Wildman–Crippen MR) is 75.0 cm³/mol. The van der Waals surface area contributed by atoms with Gasteiger partial charge in [0.2, 0.25) is 0 Å². The smallest absolute Gasteiger partial charge is 0.134 e. The molecule has 1 aromatic carbocycles. The van der Waals surface area contributed by atoms with Gasteiger partial charge in [-0.2, -0.15) is 0 Å². The summed E-state index contributed by atoms with van der Waals surface area (Å²) in [6.07, 6.45) is 0.0374. The Morgan fingerprint density at radius 2 is 2.05 bits per heavy atom. The summed E-state index contributed by atoms with van der Waals surface area (Å²) in [5, 5.41) is 1.07. The van der Waals surface area contributed by atoms with E-state index in [0.717, 1.165) is 16.7 Å². The fourth-order valence-electron chi connectivity index (χ4n) is 1.87. The first-order valence-corrected chi connectivity index (χ1v) is 6.64. The summed E-state index contributed by atoms with van der Waals surface area (Å²) in [5.74, 6) is 0.754. The van der Waals surface area contributed by atoms with Gasteiger partial charge in [-0.05, 0) is 26.0 Å². The van der Waals surface area contributed by atoms with Gasteiger partial charge in [-0.3, -0.25) is 0 Å². The fraction of sp³-hybridized carbons (Fsp3) is 0.467. The van der Waals surface area contributed by atoms with Crippen LogP contribution in [0, 0.1) is 0 Å². The first-order chi connectivity index (χ1) is 9.20. The topological polar surface area (TPSA) is 57.6 Å². The molecule has 104 valence electrons. The molecule has 19 heavy (non-hydrogen) atoms. The number of hydrogen-bond acceptors (Lipinski definition) is 4. The monoisotopic (exact) mass is 263 g/mol. The van der Waals surface area contributed by atoms with Crippen LogP contribution in [0.1, 0.15) is 25.6 Å². The molecule has 0 spiro atoms. The SMILES string of the molecule is CCOCC(C)OCC(N)c1cc2ccccc2o1. The highest BCUT2D eigenvalue weighted by Gasteiger charge is 2.13. The predicted octanol–water partition coefficient (Wildman–Crippen LogP) is 2.87. The lowest BCUT2D eigenvalue weighted by atomic mass is 10.2. The standard InChI is InChI=1S/C15H21NO3/c1-3-17-9-11(2)18-10-13(16)15-8-12-6-4-5-7-14(12)19-15/h4-8,11,13H,3,9-10,16H2,1-2H3. The molecule has 0 aliphatic rings. The third-order valence-electron chi connectivity index (χ3n) is 2.93. The van der Waals surface area contributed by atoms with Crippen molar-refractivity contribution in [3.05, 3.63) is 36.1 Å². The molecule has 0 aliphatic heterocycles. The summed E-state index contributed by atoms with van der Waals surface area (Å²) in [4.78, 5) is 0.